The van der Waals surface area contributed by atoms with Crippen molar-refractivity contribution in [3.63, 3.8) is 0 Å². The third kappa shape index (κ3) is 7.48. The summed E-state index contributed by atoms with van der Waals surface area (Å²) >= 11 is 3.39. The third-order valence-corrected chi connectivity index (χ3v) is 6.14. The minimum Gasteiger partial charge on any atom is -0.321 e. The van der Waals surface area contributed by atoms with Crippen LogP contribution in [0.5, 0.6) is 0 Å². The number of rotatable bonds is 8. The summed E-state index contributed by atoms with van der Waals surface area (Å²) in [7, 11) is 0. The predicted molar refractivity (Wildman–Crippen MR) is 156 cm³/mol. The molecule has 0 aliphatic rings. The van der Waals surface area contributed by atoms with E-state index in [1.165, 1.54) is 6.08 Å². The molecule has 2 amide bonds. The molecule has 0 atom stereocenters. The van der Waals surface area contributed by atoms with E-state index in [0.29, 0.717) is 16.8 Å². The Morgan fingerprint density at radius 1 is 0.737 bits per heavy atom. The molecule has 0 aromatic heterocycles. The Morgan fingerprint density at radius 2 is 1.45 bits per heavy atom. The number of carbonyl (C=O) groups excluding carboxylic acids is 3. The van der Waals surface area contributed by atoms with Gasteiger partial charge in [0.15, 0.2) is 5.78 Å². The zero-order chi connectivity index (χ0) is 26.9. The van der Waals surface area contributed by atoms with Gasteiger partial charge in [-0.15, -0.1) is 0 Å². The van der Waals surface area contributed by atoms with Crippen LogP contribution in [0.15, 0.2) is 119 Å². The lowest BCUT2D eigenvalue weighted by molar-refractivity contribution is -0.113. The second-order valence-electron chi connectivity index (χ2n) is 8.57. The van der Waals surface area contributed by atoms with E-state index in [9.17, 15) is 14.4 Å². The van der Waals surface area contributed by atoms with E-state index in [4.69, 9.17) is 0 Å². The first-order chi connectivity index (χ1) is 18.4. The Kier molecular flexibility index (Phi) is 8.80. The maximum atomic E-state index is 13.2. The van der Waals surface area contributed by atoms with Crippen LogP contribution in [-0.4, -0.2) is 17.6 Å². The summed E-state index contributed by atoms with van der Waals surface area (Å²) in [5.74, 6) is -1.02. The number of hydrogen-bond donors (Lipinski definition) is 2. The second kappa shape index (κ2) is 12.6. The normalized spacial score (nSPS) is 11.3. The monoisotopic (exact) mass is 564 g/mol. The Morgan fingerprint density at radius 3 is 2.13 bits per heavy atom. The van der Waals surface area contributed by atoms with E-state index in [1.54, 1.807) is 60.7 Å². The lowest BCUT2D eigenvalue weighted by atomic mass is 10.1. The average molecular weight is 565 g/mol. The number of carbonyl (C=O) groups is 3. The molecule has 0 spiro atoms. The van der Waals surface area contributed by atoms with Crippen molar-refractivity contribution in [3.05, 3.63) is 147 Å². The van der Waals surface area contributed by atoms with Crippen molar-refractivity contribution < 1.29 is 14.4 Å². The van der Waals surface area contributed by atoms with Crippen LogP contribution in [-0.2, 0) is 4.79 Å². The van der Waals surface area contributed by atoms with Crippen LogP contribution in [0.3, 0.4) is 0 Å². The van der Waals surface area contributed by atoms with Crippen LogP contribution in [0.1, 0.15) is 37.4 Å². The highest BCUT2D eigenvalue weighted by Crippen LogP contribution is 2.16. The highest BCUT2D eigenvalue weighted by Gasteiger charge is 2.15. The summed E-state index contributed by atoms with van der Waals surface area (Å²) in [6.07, 6.45) is 4.90. The highest BCUT2D eigenvalue weighted by atomic mass is 79.9. The van der Waals surface area contributed by atoms with Gasteiger partial charge < -0.3 is 10.6 Å². The van der Waals surface area contributed by atoms with Gasteiger partial charge in [-0.2, -0.15) is 0 Å². The summed E-state index contributed by atoms with van der Waals surface area (Å²) in [5, 5.41) is 5.54. The minimum atomic E-state index is -0.481. The van der Waals surface area contributed by atoms with E-state index in [0.717, 1.165) is 21.2 Å². The quantitative estimate of drug-likeness (QED) is 0.177. The van der Waals surface area contributed by atoms with Crippen LogP contribution < -0.4 is 10.6 Å². The average Bonchev–Trinajstić information content (AvgIpc) is 2.93. The van der Waals surface area contributed by atoms with Crippen molar-refractivity contribution >= 4 is 51.4 Å². The van der Waals surface area contributed by atoms with Gasteiger partial charge in [-0.25, -0.2) is 0 Å². The maximum absolute atomic E-state index is 13.2. The molecule has 0 fully saturated rings. The number of anilines is 1. The Labute approximate surface area is 230 Å². The zero-order valence-corrected chi connectivity index (χ0v) is 22.2. The smallest absolute Gasteiger partial charge is 0.272 e. The van der Waals surface area contributed by atoms with Crippen LogP contribution in [0, 0.1) is 6.92 Å². The molecule has 4 rings (SSSR count). The lowest BCUT2D eigenvalue weighted by Gasteiger charge is -2.12. The standard InChI is InChI=1S/C32H25BrN2O3/c1-22-6-5-7-24(20-22)21-29(35-31(37)26-8-3-2-4-9-26)32(38)34-28-17-13-25(14-18-28)30(36)19-12-23-10-15-27(33)16-11-23/h2-21H,1H3,(H,34,38)(H,35,37)/b19-12+,29-21-. The topological polar surface area (TPSA) is 75.3 Å². The summed E-state index contributed by atoms with van der Waals surface area (Å²) < 4.78 is 0.968. The summed E-state index contributed by atoms with van der Waals surface area (Å²) in [6, 6.07) is 30.6. The molecule has 4 aromatic rings. The number of aryl methyl sites for hydroxylation is 1. The van der Waals surface area contributed by atoms with E-state index in [2.05, 4.69) is 26.6 Å². The van der Waals surface area contributed by atoms with Gasteiger partial charge in [-0.05, 0) is 78.7 Å². The van der Waals surface area contributed by atoms with Gasteiger partial charge in [-0.1, -0.05) is 82.2 Å². The molecule has 0 saturated carbocycles. The molecule has 0 saturated heterocycles. The molecule has 0 bridgehead atoms. The molecular weight excluding hydrogens is 540 g/mol. The number of ketones is 1. The Hall–Kier alpha value is -4.55. The van der Waals surface area contributed by atoms with E-state index in [-0.39, 0.29) is 11.5 Å². The van der Waals surface area contributed by atoms with Gasteiger partial charge in [0.05, 0.1) is 0 Å². The van der Waals surface area contributed by atoms with E-state index >= 15 is 0 Å². The molecule has 0 aliphatic heterocycles. The van der Waals surface area contributed by atoms with Crippen molar-refractivity contribution in [3.8, 4) is 0 Å². The fourth-order valence-corrected chi connectivity index (χ4v) is 3.89. The number of halogens is 1. The van der Waals surface area contributed by atoms with Crippen molar-refractivity contribution in [2.24, 2.45) is 0 Å². The van der Waals surface area contributed by atoms with Crippen LogP contribution in [0.25, 0.3) is 12.2 Å². The van der Waals surface area contributed by atoms with Crippen LogP contribution >= 0.6 is 15.9 Å². The van der Waals surface area contributed by atoms with Crippen LogP contribution in [0.2, 0.25) is 0 Å². The molecular formula is C32H25BrN2O3. The van der Waals surface area contributed by atoms with Crippen LogP contribution in [0.4, 0.5) is 5.69 Å². The SMILES string of the molecule is Cc1cccc(/C=C(\NC(=O)c2ccccc2)C(=O)Nc2ccc(C(=O)/C=C/c3ccc(Br)cc3)cc2)c1. The highest BCUT2D eigenvalue weighted by molar-refractivity contribution is 9.10. The van der Waals surface area contributed by atoms with Crippen molar-refractivity contribution in [2.75, 3.05) is 5.32 Å². The summed E-state index contributed by atoms with van der Waals surface area (Å²) in [6.45, 7) is 1.95. The summed E-state index contributed by atoms with van der Waals surface area (Å²) in [4.78, 5) is 38.6. The van der Waals surface area contributed by atoms with Gasteiger partial charge in [0.2, 0.25) is 0 Å². The molecule has 6 heteroatoms. The number of nitrogens with one attached hydrogen (secondary N) is 2. The van der Waals surface area contributed by atoms with Crippen molar-refractivity contribution in [2.45, 2.75) is 6.92 Å². The lowest BCUT2D eigenvalue weighted by Crippen LogP contribution is -2.30. The fourth-order valence-electron chi connectivity index (χ4n) is 3.63. The molecule has 4 aromatic carbocycles. The predicted octanol–water partition coefficient (Wildman–Crippen LogP) is 7.06. The molecule has 188 valence electrons. The zero-order valence-electron chi connectivity index (χ0n) is 20.6. The Balaban J connectivity index is 1.49. The van der Waals surface area contributed by atoms with E-state index < -0.39 is 11.8 Å². The van der Waals surface area contributed by atoms with E-state index in [1.807, 2.05) is 61.5 Å². The number of benzene rings is 4. The third-order valence-electron chi connectivity index (χ3n) is 5.61. The first-order valence-electron chi connectivity index (χ1n) is 11.9. The summed E-state index contributed by atoms with van der Waals surface area (Å²) in [5.41, 5.74) is 4.24. The largest absolute Gasteiger partial charge is 0.321 e. The van der Waals surface area contributed by atoms with Crippen molar-refractivity contribution in [1.82, 2.24) is 5.32 Å². The van der Waals surface area contributed by atoms with Gasteiger partial charge in [0.1, 0.15) is 5.70 Å². The van der Waals surface area contributed by atoms with Gasteiger partial charge in [0.25, 0.3) is 11.8 Å². The minimum absolute atomic E-state index is 0.0991. The molecule has 0 radical (unpaired) electrons. The first kappa shape index (κ1) is 26.5. The molecule has 0 heterocycles. The van der Waals surface area contributed by atoms with Crippen molar-refractivity contribution in [1.29, 1.82) is 0 Å². The Bertz CT molecular complexity index is 1510. The fraction of sp³-hybridized carbons (Fsp3) is 0.0312. The maximum Gasteiger partial charge on any atom is 0.272 e. The first-order valence-corrected chi connectivity index (χ1v) is 12.7. The van der Waals surface area contributed by atoms with Gasteiger partial charge in [0, 0.05) is 21.3 Å². The molecule has 2 N–H and O–H groups in total. The number of amides is 2. The van der Waals surface area contributed by atoms with Gasteiger partial charge in [-0.3, -0.25) is 14.4 Å². The number of allylic oxidation sites excluding steroid dienone is 1. The second-order valence-corrected chi connectivity index (χ2v) is 9.49. The molecule has 0 aliphatic carbocycles. The number of hydrogen-bond acceptors (Lipinski definition) is 3. The molecule has 5 nitrogen and oxygen atoms in total. The molecule has 38 heavy (non-hydrogen) atoms. The van der Waals surface area contributed by atoms with Gasteiger partial charge >= 0.3 is 0 Å². The molecule has 0 unspecified atom stereocenters.